The normalized spacial score (nSPS) is 25.7. The van der Waals surface area contributed by atoms with E-state index in [9.17, 15) is 14.3 Å². The van der Waals surface area contributed by atoms with Gasteiger partial charge >= 0.3 is 0 Å². The molecular weight excluding hydrogens is 247 g/mol. The van der Waals surface area contributed by atoms with Crippen LogP contribution in [0.3, 0.4) is 0 Å². The topological polar surface area (TPSA) is 79.1 Å². The molecule has 1 aromatic carbocycles. The number of benzene rings is 1. The van der Waals surface area contributed by atoms with Gasteiger partial charge < -0.3 is 15.8 Å². The first kappa shape index (κ1) is 12.0. The van der Waals surface area contributed by atoms with Gasteiger partial charge in [0.1, 0.15) is 0 Å². The molecule has 4 nitrogen and oxygen atoms in total. The number of rotatable bonds is 3. The Hall–Kier alpha value is -2.04. The number of aromatic amines is 1. The monoisotopic (exact) mass is 262 g/mol. The number of aromatic nitrogens is 1. The quantitative estimate of drug-likeness (QED) is 0.791. The van der Waals surface area contributed by atoms with E-state index in [4.69, 9.17) is 5.73 Å². The molecule has 2 unspecified atom stereocenters. The molecule has 19 heavy (non-hydrogen) atoms. The van der Waals surface area contributed by atoms with E-state index in [1.54, 1.807) is 0 Å². The lowest BCUT2D eigenvalue weighted by molar-refractivity contribution is -0.122. The molecule has 3 rings (SSSR count). The van der Waals surface area contributed by atoms with Gasteiger partial charge in [0.25, 0.3) is 0 Å². The van der Waals surface area contributed by atoms with E-state index in [0.717, 1.165) is 12.1 Å². The van der Waals surface area contributed by atoms with Crippen molar-refractivity contribution in [2.45, 2.75) is 19.8 Å². The number of H-pyrrole nitrogens is 1. The van der Waals surface area contributed by atoms with Gasteiger partial charge in [-0.15, -0.1) is 0 Å². The summed E-state index contributed by atoms with van der Waals surface area (Å²) in [4.78, 5) is 14.4. The van der Waals surface area contributed by atoms with Crippen molar-refractivity contribution in [2.75, 3.05) is 0 Å². The second-order valence-electron chi connectivity index (χ2n) is 5.57. The van der Waals surface area contributed by atoms with Crippen molar-refractivity contribution in [1.82, 2.24) is 4.98 Å². The number of hydrogen-bond donors (Lipinski definition) is 3. The van der Waals surface area contributed by atoms with E-state index in [1.807, 2.05) is 13.0 Å². The number of phenols is 1. The Morgan fingerprint density at radius 1 is 1.58 bits per heavy atom. The predicted octanol–water partition coefficient (Wildman–Crippen LogP) is 2.07. The Labute approximate surface area is 109 Å². The average Bonchev–Trinajstić information content (AvgIpc) is 2.81. The Kier molecular flexibility index (Phi) is 2.36. The molecule has 0 saturated heterocycles. The van der Waals surface area contributed by atoms with Gasteiger partial charge in [-0.3, -0.25) is 4.79 Å². The first-order chi connectivity index (χ1) is 8.90. The predicted molar refractivity (Wildman–Crippen MR) is 69.0 cm³/mol. The summed E-state index contributed by atoms with van der Waals surface area (Å²) in [5.41, 5.74) is 6.56. The molecule has 1 amide bonds. The molecular formula is C14H15FN2O2. The third kappa shape index (κ3) is 1.85. The summed E-state index contributed by atoms with van der Waals surface area (Å²) in [7, 11) is 0. The van der Waals surface area contributed by atoms with Crippen LogP contribution in [-0.4, -0.2) is 16.0 Å². The number of carbonyl (C=O) groups is 1. The van der Waals surface area contributed by atoms with Gasteiger partial charge in [0.2, 0.25) is 5.91 Å². The largest absolute Gasteiger partial charge is 0.505 e. The maximum Gasteiger partial charge on any atom is 0.223 e. The third-order valence-corrected chi connectivity index (χ3v) is 4.18. The van der Waals surface area contributed by atoms with E-state index < -0.39 is 11.2 Å². The van der Waals surface area contributed by atoms with Crippen molar-refractivity contribution in [3.8, 4) is 5.75 Å². The van der Waals surface area contributed by atoms with E-state index >= 15 is 0 Å². The molecule has 4 N–H and O–H groups in total. The van der Waals surface area contributed by atoms with Crippen LogP contribution in [0.15, 0.2) is 18.2 Å². The molecule has 1 aliphatic rings. The minimum atomic E-state index is -0.633. The van der Waals surface area contributed by atoms with Gasteiger partial charge in [0.05, 0.1) is 0 Å². The molecule has 2 aromatic rings. The smallest absolute Gasteiger partial charge is 0.223 e. The van der Waals surface area contributed by atoms with Crippen molar-refractivity contribution in [3.05, 3.63) is 29.7 Å². The number of phenolic OH excluding ortho intramolecular Hbond substituents is 1. The van der Waals surface area contributed by atoms with Crippen LogP contribution in [0.5, 0.6) is 5.75 Å². The Bertz CT molecular complexity index is 640. The maximum atomic E-state index is 13.2. The summed E-state index contributed by atoms with van der Waals surface area (Å²) in [6, 6.07) is 4.51. The highest BCUT2D eigenvalue weighted by Gasteiger charge is 2.54. The number of nitrogens with one attached hydrogen (secondary N) is 1. The van der Waals surface area contributed by atoms with Crippen molar-refractivity contribution < 1.29 is 14.3 Å². The number of aromatic hydroxyl groups is 1. The van der Waals surface area contributed by atoms with Gasteiger partial charge in [0, 0.05) is 28.1 Å². The zero-order chi connectivity index (χ0) is 13.8. The Morgan fingerprint density at radius 2 is 2.32 bits per heavy atom. The molecule has 1 fully saturated rings. The zero-order valence-electron chi connectivity index (χ0n) is 10.5. The van der Waals surface area contributed by atoms with Crippen LogP contribution in [0.4, 0.5) is 4.39 Å². The van der Waals surface area contributed by atoms with Crippen LogP contribution in [0.25, 0.3) is 10.9 Å². The van der Waals surface area contributed by atoms with Crippen molar-refractivity contribution in [2.24, 2.45) is 17.1 Å². The van der Waals surface area contributed by atoms with E-state index in [2.05, 4.69) is 4.98 Å². The number of amides is 1. The first-order valence-electron chi connectivity index (χ1n) is 6.20. The number of carbonyl (C=O) groups excluding carboxylic acids is 1. The molecule has 1 aromatic heterocycles. The maximum absolute atomic E-state index is 13.2. The van der Waals surface area contributed by atoms with E-state index in [-0.39, 0.29) is 17.6 Å². The lowest BCUT2D eigenvalue weighted by Gasteiger charge is -2.04. The van der Waals surface area contributed by atoms with Crippen LogP contribution in [0.2, 0.25) is 0 Å². The Morgan fingerprint density at radius 3 is 2.95 bits per heavy atom. The van der Waals surface area contributed by atoms with Crippen LogP contribution in [0.1, 0.15) is 19.0 Å². The summed E-state index contributed by atoms with van der Waals surface area (Å²) in [6.45, 7) is 1.87. The fourth-order valence-corrected chi connectivity index (χ4v) is 2.63. The highest BCUT2D eigenvalue weighted by molar-refractivity contribution is 5.84. The summed E-state index contributed by atoms with van der Waals surface area (Å²) in [6.07, 6.45) is 1.49. The molecule has 0 aliphatic heterocycles. The van der Waals surface area contributed by atoms with Crippen LogP contribution in [-0.2, 0) is 11.2 Å². The number of primary amides is 1. The minimum Gasteiger partial charge on any atom is -0.505 e. The SMILES string of the molecule is CC1(C(N)=O)CC1Cc1cc2cc(F)c(O)cc2[nH]1. The molecule has 1 aliphatic carbocycles. The highest BCUT2D eigenvalue weighted by Crippen LogP contribution is 2.53. The second-order valence-corrected chi connectivity index (χ2v) is 5.57. The van der Waals surface area contributed by atoms with Gasteiger partial charge in [-0.25, -0.2) is 4.39 Å². The van der Waals surface area contributed by atoms with Crippen molar-refractivity contribution >= 4 is 16.8 Å². The highest BCUT2D eigenvalue weighted by atomic mass is 19.1. The molecule has 0 radical (unpaired) electrons. The van der Waals surface area contributed by atoms with E-state index in [0.29, 0.717) is 17.3 Å². The first-order valence-corrected chi connectivity index (χ1v) is 6.20. The lowest BCUT2D eigenvalue weighted by Crippen LogP contribution is -2.24. The van der Waals surface area contributed by atoms with E-state index in [1.165, 1.54) is 12.1 Å². The fourth-order valence-electron chi connectivity index (χ4n) is 2.63. The summed E-state index contributed by atoms with van der Waals surface area (Å²) in [5.74, 6) is -1.03. The second kappa shape index (κ2) is 3.73. The average molecular weight is 262 g/mol. The fraction of sp³-hybridized carbons (Fsp3) is 0.357. The Balaban J connectivity index is 1.86. The molecule has 1 saturated carbocycles. The number of nitrogens with two attached hydrogens (primary N) is 1. The number of halogens is 1. The van der Waals surface area contributed by atoms with Gasteiger partial charge in [0.15, 0.2) is 11.6 Å². The summed E-state index contributed by atoms with van der Waals surface area (Å²) < 4.78 is 13.2. The molecule has 2 atom stereocenters. The van der Waals surface area contributed by atoms with Crippen LogP contribution < -0.4 is 5.73 Å². The molecule has 5 heteroatoms. The van der Waals surface area contributed by atoms with Crippen LogP contribution >= 0.6 is 0 Å². The molecule has 100 valence electrons. The minimum absolute atomic E-state index is 0.233. The van der Waals surface area contributed by atoms with Gasteiger partial charge in [-0.2, -0.15) is 0 Å². The summed E-state index contributed by atoms with van der Waals surface area (Å²) in [5, 5.41) is 10.0. The van der Waals surface area contributed by atoms with Crippen molar-refractivity contribution in [3.63, 3.8) is 0 Å². The van der Waals surface area contributed by atoms with Crippen molar-refractivity contribution in [1.29, 1.82) is 0 Å². The number of fused-ring (bicyclic) bond motifs is 1. The molecule has 1 heterocycles. The molecule has 0 bridgehead atoms. The number of hydrogen-bond acceptors (Lipinski definition) is 2. The van der Waals surface area contributed by atoms with Gasteiger partial charge in [-0.1, -0.05) is 6.92 Å². The standard InChI is InChI=1S/C14H15FN2O2/c1-14(13(16)19)6-8(14)4-9-2-7-3-10(15)12(18)5-11(7)17-9/h2-3,5,8,17-18H,4,6H2,1H3,(H2,16,19). The van der Waals surface area contributed by atoms with Gasteiger partial charge in [-0.05, 0) is 30.9 Å². The lowest BCUT2D eigenvalue weighted by atomic mass is 10.0. The zero-order valence-corrected chi connectivity index (χ0v) is 10.5. The summed E-state index contributed by atoms with van der Waals surface area (Å²) >= 11 is 0. The molecule has 0 spiro atoms. The third-order valence-electron chi connectivity index (χ3n) is 4.18. The van der Waals surface area contributed by atoms with Crippen LogP contribution in [0, 0.1) is 17.2 Å².